The van der Waals surface area contributed by atoms with Crippen LogP contribution in [0.1, 0.15) is 26.7 Å². The summed E-state index contributed by atoms with van der Waals surface area (Å²) in [6, 6.07) is 0. The Morgan fingerprint density at radius 2 is 2.07 bits per heavy atom. The van der Waals surface area contributed by atoms with Gasteiger partial charge in [-0.05, 0) is 18.3 Å². The second kappa shape index (κ2) is 5.58. The molecule has 1 aliphatic rings. The molecule has 1 rings (SSSR count). The third kappa shape index (κ3) is 2.77. The Labute approximate surface area is 90.2 Å². The van der Waals surface area contributed by atoms with Gasteiger partial charge < -0.3 is 19.7 Å². The minimum absolute atomic E-state index is 0.0183. The molecule has 0 amide bonds. The molecule has 88 valence electrons. The van der Waals surface area contributed by atoms with Crippen molar-refractivity contribution in [2.45, 2.75) is 45.0 Å². The maximum atomic E-state index is 10.2. The molecule has 0 aromatic carbocycles. The molecule has 0 radical (unpaired) electrons. The van der Waals surface area contributed by atoms with Crippen LogP contribution in [0.2, 0.25) is 0 Å². The molecule has 0 aromatic heterocycles. The molecular weight excluding hydrogens is 196 g/mol. The number of aldehydes is 1. The van der Waals surface area contributed by atoms with Crippen molar-refractivity contribution in [2.24, 2.45) is 11.8 Å². The summed E-state index contributed by atoms with van der Waals surface area (Å²) in [6.45, 7) is 3.96. The second-order valence-corrected chi connectivity index (χ2v) is 4.33. The molecule has 0 aliphatic heterocycles. The molecule has 15 heavy (non-hydrogen) atoms. The third-order valence-corrected chi connectivity index (χ3v) is 3.29. The van der Waals surface area contributed by atoms with Gasteiger partial charge in [0.1, 0.15) is 19.0 Å². The quantitative estimate of drug-likeness (QED) is 0.666. The van der Waals surface area contributed by atoms with E-state index in [2.05, 4.69) is 0 Å². The van der Waals surface area contributed by atoms with E-state index in [1.54, 1.807) is 0 Å². The molecule has 2 N–H and O–H groups in total. The summed E-state index contributed by atoms with van der Waals surface area (Å²) in [7, 11) is 0. The summed E-state index contributed by atoms with van der Waals surface area (Å²) < 4.78 is 5.24. The lowest BCUT2D eigenvalue weighted by Crippen LogP contribution is -2.51. The van der Waals surface area contributed by atoms with Gasteiger partial charge in [0.25, 0.3) is 0 Å². The van der Waals surface area contributed by atoms with E-state index in [1.165, 1.54) is 0 Å². The van der Waals surface area contributed by atoms with Crippen molar-refractivity contribution in [1.29, 1.82) is 0 Å². The summed E-state index contributed by atoms with van der Waals surface area (Å²) in [5, 5.41) is 19.7. The fraction of sp³-hybridized carbons (Fsp3) is 0.909. The van der Waals surface area contributed by atoms with Crippen LogP contribution >= 0.6 is 0 Å². The van der Waals surface area contributed by atoms with Crippen molar-refractivity contribution in [3.05, 3.63) is 0 Å². The zero-order valence-electron chi connectivity index (χ0n) is 9.30. The third-order valence-electron chi connectivity index (χ3n) is 3.29. The summed E-state index contributed by atoms with van der Waals surface area (Å²) in [5.41, 5.74) is 0. The van der Waals surface area contributed by atoms with E-state index in [0.717, 1.165) is 12.8 Å². The van der Waals surface area contributed by atoms with Gasteiger partial charge in [-0.2, -0.15) is 0 Å². The van der Waals surface area contributed by atoms with Gasteiger partial charge in [0.15, 0.2) is 0 Å². The minimum atomic E-state index is -0.876. The maximum Gasteiger partial charge on any atom is 0.145 e. The minimum Gasteiger partial charge on any atom is -0.390 e. The standard InChI is InChI=1S/C11H20O4/c1-3-8-6-7(2)11(15-5-4-12)10(14)9(8)13/h4,7-11,13-14H,3,5-6H2,1-2H3. The number of aliphatic hydroxyl groups is 2. The van der Waals surface area contributed by atoms with Crippen LogP contribution < -0.4 is 0 Å². The number of carbonyl (C=O) groups is 1. The van der Waals surface area contributed by atoms with Crippen LogP contribution in [0.25, 0.3) is 0 Å². The van der Waals surface area contributed by atoms with Gasteiger partial charge in [-0.3, -0.25) is 0 Å². The molecule has 5 atom stereocenters. The van der Waals surface area contributed by atoms with Crippen LogP contribution in [0.15, 0.2) is 0 Å². The Kier molecular flexibility index (Phi) is 4.70. The maximum absolute atomic E-state index is 10.2. The molecule has 1 fully saturated rings. The number of rotatable bonds is 4. The van der Waals surface area contributed by atoms with E-state index >= 15 is 0 Å². The number of ether oxygens (including phenoxy) is 1. The highest BCUT2D eigenvalue weighted by molar-refractivity contribution is 5.50. The predicted molar refractivity (Wildman–Crippen MR) is 55.4 cm³/mol. The first-order valence-electron chi connectivity index (χ1n) is 5.53. The van der Waals surface area contributed by atoms with Crippen molar-refractivity contribution in [3.63, 3.8) is 0 Å². The summed E-state index contributed by atoms with van der Waals surface area (Å²) in [6.07, 6.45) is 0.313. The second-order valence-electron chi connectivity index (χ2n) is 4.33. The fourth-order valence-electron chi connectivity index (χ4n) is 2.38. The van der Waals surface area contributed by atoms with Crippen LogP contribution in [0, 0.1) is 11.8 Å². The predicted octanol–water partition coefficient (Wildman–Crippen LogP) is 0.358. The van der Waals surface area contributed by atoms with Crippen LogP contribution in [0.4, 0.5) is 0 Å². The topological polar surface area (TPSA) is 66.8 Å². The molecule has 1 aliphatic carbocycles. The van der Waals surface area contributed by atoms with E-state index in [9.17, 15) is 15.0 Å². The largest absolute Gasteiger partial charge is 0.390 e. The Hall–Kier alpha value is -0.450. The van der Waals surface area contributed by atoms with Crippen LogP contribution in [0.5, 0.6) is 0 Å². The normalized spacial score (nSPS) is 41.5. The van der Waals surface area contributed by atoms with Gasteiger partial charge in [-0.15, -0.1) is 0 Å². The van der Waals surface area contributed by atoms with E-state index in [-0.39, 0.29) is 18.4 Å². The number of aliphatic hydroxyl groups excluding tert-OH is 2. The van der Waals surface area contributed by atoms with Gasteiger partial charge in [-0.1, -0.05) is 20.3 Å². The van der Waals surface area contributed by atoms with Crippen molar-refractivity contribution in [3.8, 4) is 0 Å². The summed E-state index contributed by atoms with van der Waals surface area (Å²) in [5.74, 6) is 0.305. The van der Waals surface area contributed by atoms with Crippen molar-refractivity contribution in [1.82, 2.24) is 0 Å². The highest BCUT2D eigenvalue weighted by Crippen LogP contribution is 2.33. The average Bonchev–Trinajstić information content (AvgIpc) is 2.23. The lowest BCUT2D eigenvalue weighted by Gasteiger charge is -2.41. The van der Waals surface area contributed by atoms with Crippen molar-refractivity contribution in [2.75, 3.05) is 6.61 Å². The molecule has 0 aromatic rings. The van der Waals surface area contributed by atoms with Gasteiger partial charge >= 0.3 is 0 Å². The zero-order chi connectivity index (χ0) is 11.4. The smallest absolute Gasteiger partial charge is 0.145 e. The van der Waals surface area contributed by atoms with E-state index in [4.69, 9.17) is 4.74 Å². The first kappa shape index (κ1) is 12.6. The lowest BCUT2D eigenvalue weighted by molar-refractivity contribution is -0.156. The molecule has 4 nitrogen and oxygen atoms in total. The summed E-state index contributed by atoms with van der Waals surface area (Å²) >= 11 is 0. The number of hydrogen-bond donors (Lipinski definition) is 2. The average molecular weight is 216 g/mol. The van der Waals surface area contributed by atoms with Crippen LogP contribution in [0.3, 0.4) is 0 Å². The monoisotopic (exact) mass is 216 g/mol. The fourth-order valence-corrected chi connectivity index (χ4v) is 2.38. The van der Waals surface area contributed by atoms with Gasteiger partial charge in [0, 0.05) is 0 Å². The molecular formula is C11H20O4. The Morgan fingerprint density at radius 1 is 1.40 bits per heavy atom. The van der Waals surface area contributed by atoms with Gasteiger partial charge in [0.2, 0.25) is 0 Å². The van der Waals surface area contributed by atoms with Crippen LogP contribution in [-0.4, -0.2) is 41.4 Å². The SMILES string of the molecule is CCC1CC(C)C(OCC=O)C(O)C1O. The Morgan fingerprint density at radius 3 is 2.60 bits per heavy atom. The van der Waals surface area contributed by atoms with Gasteiger partial charge in [0.05, 0.1) is 12.2 Å². The van der Waals surface area contributed by atoms with E-state index in [0.29, 0.717) is 6.29 Å². The Balaban J connectivity index is 2.61. The highest BCUT2D eigenvalue weighted by atomic mass is 16.5. The zero-order valence-corrected chi connectivity index (χ0v) is 9.30. The van der Waals surface area contributed by atoms with Crippen LogP contribution in [-0.2, 0) is 9.53 Å². The molecule has 0 spiro atoms. The molecule has 0 heterocycles. The summed E-state index contributed by atoms with van der Waals surface area (Å²) in [4.78, 5) is 10.2. The number of hydrogen-bond acceptors (Lipinski definition) is 4. The molecule has 1 saturated carbocycles. The molecule has 4 heteroatoms. The van der Waals surface area contributed by atoms with Gasteiger partial charge in [-0.25, -0.2) is 0 Å². The van der Waals surface area contributed by atoms with E-state index in [1.807, 2.05) is 13.8 Å². The van der Waals surface area contributed by atoms with Crippen molar-refractivity contribution >= 4 is 6.29 Å². The van der Waals surface area contributed by atoms with Crippen molar-refractivity contribution < 1.29 is 19.7 Å². The molecule has 0 saturated heterocycles. The molecule has 5 unspecified atom stereocenters. The lowest BCUT2D eigenvalue weighted by atomic mass is 9.75. The number of carbonyl (C=O) groups excluding carboxylic acids is 1. The van der Waals surface area contributed by atoms with E-state index < -0.39 is 18.3 Å². The molecule has 0 bridgehead atoms. The first-order chi connectivity index (χ1) is 7.11. The Bertz CT molecular complexity index is 207. The highest BCUT2D eigenvalue weighted by Gasteiger charge is 2.41. The first-order valence-corrected chi connectivity index (χ1v) is 5.53.